The number of carbonyl (C=O) groups excluding carboxylic acids is 1. The highest BCUT2D eigenvalue weighted by Crippen LogP contribution is 2.19. The third-order valence-corrected chi connectivity index (χ3v) is 2.49. The van der Waals surface area contributed by atoms with Gasteiger partial charge in [0.2, 0.25) is 0 Å². The zero-order chi connectivity index (χ0) is 13.3. The molecule has 1 heterocycles. The zero-order valence-electron chi connectivity index (χ0n) is 11.4. The first kappa shape index (κ1) is 12.8. The van der Waals surface area contributed by atoms with Gasteiger partial charge in [0.05, 0.1) is 0 Å². The summed E-state index contributed by atoms with van der Waals surface area (Å²) in [6, 6.07) is 2.04. The molecule has 1 aliphatic carbocycles. The Kier molecular flexibility index (Phi) is 3.24. The van der Waals surface area contributed by atoms with Crippen molar-refractivity contribution in [1.82, 2.24) is 15.3 Å². The molecule has 0 aliphatic heterocycles. The van der Waals surface area contributed by atoms with Gasteiger partial charge in [-0.3, -0.25) is 4.79 Å². The van der Waals surface area contributed by atoms with Gasteiger partial charge in [-0.25, -0.2) is 9.97 Å². The predicted molar refractivity (Wildman–Crippen MR) is 70.6 cm³/mol. The first-order valence-corrected chi connectivity index (χ1v) is 6.28. The van der Waals surface area contributed by atoms with E-state index in [-0.39, 0.29) is 11.4 Å². The summed E-state index contributed by atoms with van der Waals surface area (Å²) in [6.07, 6.45) is 2.14. The lowest BCUT2D eigenvalue weighted by molar-refractivity contribution is 0.0945. The number of amides is 1. The molecule has 0 saturated heterocycles. The van der Waals surface area contributed by atoms with Gasteiger partial charge in [-0.05, 0) is 40.5 Å². The third kappa shape index (κ3) is 3.68. The molecule has 0 unspecified atom stereocenters. The van der Waals surface area contributed by atoms with Gasteiger partial charge >= 0.3 is 0 Å². The summed E-state index contributed by atoms with van der Waals surface area (Å²) in [4.78, 5) is 20.4. The fourth-order valence-corrected chi connectivity index (χ4v) is 1.62. The highest BCUT2D eigenvalue weighted by molar-refractivity contribution is 5.93. The van der Waals surface area contributed by atoms with E-state index in [0.29, 0.717) is 23.4 Å². The SMILES string of the molecule is Cc1nc(NC(C)(C)C)cc(C(=O)NC2CC2)n1. The fraction of sp³-hybridized carbons (Fsp3) is 0.615. The van der Waals surface area contributed by atoms with Crippen molar-refractivity contribution >= 4 is 11.7 Å². The highest BCUT2D eigenvalue weighted by atomic mass is 16.2. The van der Waals surface area contributed by atoms with Crippen LogP contribution in [-0.4, -0.2) is 27.5 Å². The van der Waals surface area contributed by atoms with E-state index in [4.69, 9.17) is 0 Å². The molecule has 1 amide bonds. The summed E-state index contributed by atoms with van der Waals surface area (Å²) >= 11 is 0. The van der Waals surface area contributed by atoms with Crippen molar-refractivity contribution in [2.75, 3.05) is 5.32 Å². The molecule has 18 heavy (non-hydrogen) atoms. The molecular formula is C13H20N4O. The summed E-state index contributed by atoms with van der Waals surface area (Å²) < 4.78 is 0. The van der Waals surface area contributed by atoms with Gasteiger partial charge in [0.25, 0.3) is 5.91 Å². The molecule has 0 aromatic carbocycles. The van der Waals surface area contributed by atoms with Gasteiger partial charge in [0.15, 0.2) is 0 Å². The standard InChI is InChI=1S/C13H20N4O/c1-8-14-10(12(18)16-9-5-6-9)7-11(15-8)17-13(2,3)4/h7,9H,5-6H2,1-4H3,(H,16,18)(H,14,15,17). The molecule has 1 saturated carbocycles. The molecule has 5 nitrogen and oxygen atoms in total. The molecule has 1 aromatic rings. The van der Waals surface area contributed by atoms with Crippen LogP contribution in [-0.2, 0) is 0 Å². The van der Waals surface area contributed by atoms with Gasteiger partial charge in [0, 0.05) is 17.6 Å². The minimum atomic E-state index is -0.111. The number of anilines is 1. The van der Waals surface area contributed by atoms with E-state index in [1.165, 1.54) is 0 Å². The van der Waals surface area contributed by atoms with Crippen LogP contribution in [0.2, 0.25) is 0 Å². The van der Waals surface area contributed by atoms with Crippen molar-refractivity contribution in [3.05, 3.63) is 17.6 Å². The van der Waals surface area contributed by atoms with Crippen LogP contribution in [0, 0.1) is 6.92 Å². The molecule has 0 atom stereocenters. The minimum absolute atomic E-state index is 0.0922. The van der Waals surface area contributed by atoms with Crippen molar-refractivity contribution in [1.29, 1.82) is 0 Å². The molecular weight excluding hydrogens is 228 g/mol. The maximum atomic E-state index is 11.9. The fourth-order valence-electron chi connectivity index (χ4n) is 1.62. The van der Waals surface area contributed by atoms with Crippen molar-refractivity contribution in [3.8, 4) is 0 Å². The van der Waals surface area contributed by atoms with Crippen LogP contribution in [0.3, 0.4) is 0 Å². The molecule has 98 valence electrons. The summed E-state index contributed by atoms with van der Waals surface area (Å²) in [7, 11) is 0. The van der Waals surface area contributed by atoms with Crippen molar-refractivity contribution in [2.24, 2.45) is 0 Å². The third-order valence-electron chi connectivity index (χ3n) is 2.49. The van der Waals surface area contributed by atoms with E-state index >= 15 is 0 Å². The van der Waals surface area contributed by atoms with E-state index < -0.39 is 0 Å². The van der Waals surface area contributed by atoms with E-state index in [1.54, 1.807) is 13.0 Å². The molecule has 0 spiro atoms. The number of carbonyl (C=O) groups is 1. The highest BCUT2D eigenvalue weighted by Gasteiger charge is 2.24. The smallest absolute Gasteiger partial charge is 0.270 e. The molecule has 2 N–H and O–H groups in total. The minimum Gasteiger partial charge on any atom is -0.365 e. The van der Waals surface area contributed by atoms with Gasteiger partial charge in [-0.2, -0.15) is 0 Å². The monoisotopic (exact) mass is 248 g/mol. The summed E-state index contributed by atoms with van der Waals surface area (Å²) in [5.41, 5.74) is 0.339. The maximum absolute atomic E-state index is 11.9. The number of rotatable bonds is 3. The summed E-state index contributed by atoms with van der Waals surface area (Å²) in [6.45, 7) is 7.94. The van der Waals surface area contributed by atoms with Crippen LogP contribution in [0.25, 0.3) is 0 Å². The number of aryl methyl sites for hydroxylation is 1. The molecule has 2 rings (SSSR count). The van der Waals surface area contributed by atoms with Crippen molar-refractivity contribution in [2.45, 2.75) is 52.1 Å². The first-order valence-electron chi connectivity index (χ1n) is 6.28. The molecule has 1 fully saturated rings. The van der Waals surface area contributed by atoms with Gasteiger partial charge in [-0.15, -0.1) is 0 Å². The lowest BCUT2D eigenvalue weighted by Crippen LogP contribution is -2.29. The summed E-state index contributed by atoms with van der Waals surface area (Å²) in [5.74, 6) is 1.18. The van der Waals surface area contributed by atoms with Crippen LogP contribution in [0.1, 0.15) is 49.9 Å². The average molecular weight is 248 g/mol. The first-order chi connectivity index (χ1) is 8.33. The number of hydrogen-bond acceptors (Lipinski definition) is 4. The van der Waals surface area contributed by atoms with Crippen LogP contribution in [0.4, 0.5) is 5.82 Å². The molecule has 1 aliphatic rings. The maximum Gasteiger partial charge on any atom is 0.270 e. The lowest BCUT2D eigenvalue weighted by atomic mass is 10.1. The Bertz CT molecular complexity index is 461. The Morgan fingerprint density at radius 1 is 1.33 bits per heavy atom. The van der Waals surface area contributed by atoms with Gasteiger partial charge in [-0.1, -0.05) is 0 Å². The second-order valence-corrected chi connectivity index (χ2v) is 5.81. The zero-order valence-corrected chi connectivity index (χ0v) is 11.4. The van der Waals surface area contributed by atoms with Gasteiger partial charge in [0.1, 0.15) is 17.3 Å². The Labute approximate surface area is 107 Å². The molecule has 0 radical (unpaired) electrons. The quantitative estimate of drug-likeness (QED) is 0.857. The van der Waals surface area contributed by atoms with E-state index in [1.807, 2.05) is 20.8 Å². The molecule has 5 heteroatoms. The Hall–Kier alpha value is -1.65. The van der Waals surface area contributed by atoms with Crippen LogP contribution >= 0.6 is 0 Å². The Balaban J connectivity index is 2.17. The van der Waals surface area contributed by atoms with Crippen LogP contribution in [0.5, 0.6) is 0 Å². The van der Waals surface area contributed by atoms with Crippen LogP contribution in [0.15, 0.2) is 6.07 Å². The lowest BCUT2D eigenvalue weighted by Gasteiger charge is -2.21. The largest absolute Gasteiger partial charge is 0.365 e. The molecule has 0 bridgehead atoms. The second-order valence-electron chi connectivity index (χ2n) is 5.81. The van der Waals surface area contributed by atoms with Crippen LogP contribution < -0.4 is 10.6 Å². The van der Waals surface area contributed by atoms with Crippen molar-refractivity contribution < 1.29 is 4.79 Å². The Morgan fingerprint density at radius 3 is 2.56 bits per heavy atom. The average Bonchev–Trinajstić information content (AvgIpc) is 2.97. The number of hydrogen-bond donors (Lipinski definition) is 2. The number of nitrogens with zero attached hydrogens (tertiary/aromatic N) is 2. The van der Waals surface area contributed by atoms with Crippen molar-refractivity contribution in [3.63, 3.8) is 0 Å². The second kappa shape index (κ2) is 4.55. The van der Waals surface area contributed by atoms with E-state index in [9.17, 15) is 4.79 Å². The predicted octanol–water partition coefficient (Wildman–Crippen LogP) is 1.89. The van der Waals surface area contributed by atoms with E-state index in [0.717, 1.165) is 12.8 Å². The number of nitrogens with one attached hydrogen (secondary N) is 2. The Morgan fingerprint density at radius 2 is 2.00 bits per heavy atom. The van der Waals surface area contributed by atoms with Gasteiger partial charge < -0.3 is 10.6 Å². The normalized spacial score (nSPS) is 15.3. The topological polar surface area (TPSA) is 66.9 Å². The molecule has 1 aromatic heterocycles. The van der Waals surface area contributed by atoms with E-state index in [2.05, 4.69) is 20.6 Å². The summed E-state index contributed by atoms with van der Waals surface area (Å²) in [5, 5.41) is 6.19. The number of aromatic nitrogens is 2.